The Labute approximate surface area is 152 Å². The number of halogens is 1. The number of benzene rings is 1. The Balaban J connectivity index is 1.82. The van der Waals surface area contributed by atoms with E-state index in [2.05, 4.69) is 31.8 Å². The molecule has 0 saturated heterocycles. The molecule has 0 spiro atoms. The topological polar surface area (TPSA) is 9.23 Å². The van der Waals surface area contributed by atoms with Gasteiger partial charge in [-0.15, -0.1) is 0 Å². The molecule has 0 unspecified atom stereocenters. The summed E-state index contributed by atoms with van der Waals surface area (Å²) < 4.78 is 19.6. The highest BCUT2D eigenvalue weighted by Gasteiger charge is 2.17. The van der Waals surface area contributed by atoms with Gasteiger partial charge in [-0.3, -0.25) is 0 Å². The predicted octanol–water partition coefficient (Wildman–Crippen LogP) is 6.52. The van der Waals surface area contributed by atoms with Crippen LogP contribution in [0.15, 0.2) is 30.4 Å². The Morgan fingerprint density at radius 1 is 1.16 bits per heavy atom. The molecule has 1 aromatic rings. The van der Waals surface area contributed by atoms with Crippen molar-refractivity contribution in [1.82, 2.24) is 0 Å². The van der Waals surface area contributed by atoms with E-state index in [1.165, 1.54) is 38.2 Å². The highest BCUT2D eigenvalue weighted by atomic mass is 19.1. The maximum Gasteiger partial charge on any atom is 0.142 e. The lowest BCUT2D eigenvalue weighted by Gasteiger charge is -2.25. The smallest absolute Gasteiger partial charge is 0.142 e. The molecule has 1 aliphatic carbocycles. The van der Waals surface area contributed by atoms with Crippen molar-refractivity contribution in [2.75, 3.05) is 6.61 Å². The van der Waals surface area contributed by atoms with E-state index in [4.69, 9.17) is 4.74 Å². The summed E-state index contributed by atoms with van der Waals surface area (Å²) in [6, 6.07) is 4.94. The van der Waals surface area contributed by atoms with Crippen molar-refractivity contribution >= 4 is 0 Å². The maximum atomic E-state index is 14.1. The van der Waals surface area contributed by atoms with Gasteiger partial charge in [0.05, 0.1) is 12.2 Å². The third-order valence-corrected chi connectivity index (χ3v) is 5.08. The molecule has 0 heterocycles. The van der Waals surface area contributed by atoms with Crippen LogP contribution in [-0.2, 0) is 0 Å². The first-order valence-electron chi connectivity index (χ1n) is 9.83. The van der Waals surface area contributed by atoms with Gasteiger partial charge >= 0.3 is 0 Å². The van der Waals surface area contributed by atoms with Crippen molar-refractivity contribution in [3.8, 4) is 17.6 Å². The lowest BCUT2D eigenvalue weighted by Crippen LogP contribution is -2.11. The Morgan fingerprint density at radius 2 is 1.96 bits per heavy atom. The molecule has 1 aliphatic rings. The monoisotopic (exact) mass is 342 g/mol. The molecular formula is C23H31FO. The molecule has 0 radical (unpaired) electrons. The third kappa shape index (κ3) is 6.94. The van der Waals surface area contributed by atoms with E-state index in [1.54, 1.807) is 12.1 Å². The van der Waals surface area contributed by atoms with E-state index < -0.39 is 0 Å². The van der Waals surface area contributed by atoms with E-state index in [9.17, 15) is 4.39 Å². The third-order valence-electron chi connectivity index (χ3n) is 5.08. The fraction of sp³-hybridized carbons (Fsp3) is 0.565. The highest BCUT2D eigenvalue weighted by Crippen LogP contribution is 2.31. The van der Waals surface area contributed by atoms with Crippen LogP contribution in [0.25, 0.3) is 0 Å². The van der Waals surface area contributed by atoms with Crippen LogP contribution in [-0.4, -0.2) is 6.61 Å². The molecule has 2 rings (SSSR count). The zero-order valence-corrected chi connectivity index (χ0v) is 15.7. The molecule has 1 aromatic carbocycles. The molecule has 136 valence electrons. The molecule has 0 atom stereocenters. The van der Waals surface area contributed by atoms with Crippen LogP contribution >= 0.6 is 0 Å². The van der Waals surface area contributed by atoms with Gasteiger partial charge in [-0.1, -0.05) is 51.0 Å². The summed E-state index contributed by atoms with van der Waals surface area (Å²) in [5.74, 6) is 7.72. The SMILES string of the molecule is CCCCCOc1ccc(C#CC=C[C@H]2CC[C@H](CC)CC2)c(F)c1. The first-order chi connectivity index (χ1) is 12.2. The summed E-state index contributed by atoms with van der Waals surface area (Å²) in [6.45, 7) is 5.07. The van der Waals surface area contributed by atoms with Crippen LogP contribution < -0.4 is 4.74 Å². The predicted molar refractivity (Wildman–Crippen MR) is 103 cm³/mol. The van der Waals surface area contributed by atoms with Crippen molar-refractivity contribution in [1.29, 1.82) is 0 Å². The second-order valence-electron chi connectivity index (χ2n) is 7.01. The van der Waals surface area contributed by atoms with Crippen LogP contribution in [0, 0.1) is 29.5 Å². The van der Waals surface area contributed by atoms with E-state index in [0.29, 0.717) is 23.8 Å². The average Bonchev–Trinajstić information content (AvgIpc) is 2.64. The average molecular weight is 342 g/mol. The van der Waals surface area contributed by atoms with Gasteiger partial charge in [-0.05, 0) is 62.1 Å². The van der Waals surface area contributed by atoms with Crippen LogP contribution in [0.3, 0.4) is 0 Å². The van der Waals surface area contributed by atoms with Gasteiger partial charge in [0.2, 0.25) is 0 Å². The lowest BCUT2D eigenvalue weighted by molar-refractivity contribution is 0.304. The molecular weight excluding hydrogens is 311 g/mol. The number of hydrogen-bond acceptors (Lipinski definition) is 1. The number of ether oxygens (including phenoxy) is 1. The summed E-state index contributed by atoms with van der Waals surface area (Å²) >= 11 is 0. The number of hydrogen-bond donors (Lipinski definition) is 0. The first-order valence-corrected chi connectivity index (χ1v) is 9.83. The molecule has 0 N–H and O–H groups in total. The van der Waals surface area contributed by atoms with Gasteiger partial charge in [0.25, 0.3) is 0 Å². The fourth-order valence-electron chi connectivity index (χ4n) is 3.32. The molecule has 2 heteroatoms. The molecule has 1 nitrogen and oxygen atoms in total. The minimum absolute atomic E-state index is 0.308. The van der Waals surface area contributed by atoms with Crippen molar-refractivity contribution in [3.05, 3.63) is 41.7 Å². The quantitative estimate of drug-likeness (QED) is 0.405. The lowest BCUT2D eigenvalue weighted by atomic mass is 9.81. The normalized spacial score (nSPS) is 20.3. The minimum atomic E-state index is -0.308. The second kappa shape index (κ2) is 11.0. The molecule has 0 bridgehead atoms. The Hall–Kier alpha value is -1.75. The number of allylic oxidation sites excluding steroid dienone is 2. The van der Waals surface area contributed by atoms with E-state index >= 15 is 0 Å². The van der Waals surface area contributed by atoms with Crippen molar-refractivity contribution in [2.45, 2.75) is 65.2 Å². The molecule has 0 amide bonds. The number of rotatable bonds is 7. The van der Waals surface area contributed by atoms with Gasteiger partial charge in [-0.2, -0.15) is 0 Å². The Bertz CT molecular complexity index is 600. The summed E-state index contributed by atoms with van der Waals surface area (Å²) in [6.07, 6.45) is 13.9. The zero-order chi connectivity index (χ0) is 17.9. The Morgan fingerprint density at radius 3 is 2.64 bits per heavy atom. The van der Waals surface area contributed by atoms with Crippen molar-refractivity contribution in [2.24, 2.45) is 11.8 Å². The molecule has 0 aromatic heterocycles. The van der Waals surface area contributed by atoms with Crippen LogP contribution in [0.2, 0.25) is 0 Å². The molecule has 1 saturated carbocycles. The van der Waals surface area contributed by atoms with Crippen LogP contribution in [0.4, 0.5) is 4.39 Å². The summed E-state index contributed by atoms with van der Waals surface area (Å²) in [5.41, 5.74) is 0.431. The summed E-state index contributed by atoms with van der Waals surface area (Å²) in [7, 11) is 0. The zero-order valence-electron chi connectivity index (χ0n) is 15.7. The van der Waals surface area contributed by atoms with Gasteiger partial charge in [-0.25, -0.2) is 4.39 Å². The van der Waals surface area contributed by atoms with Gasteiger partial charge < -0.3 is 4.74 Å². The maximum absolute atomic E-state index is 14.1. The van der Waals surface area contributed by atoms with E-state index in [0.717, 1.165) is 25.2 Å². The Kier molecular flexibility index (Phi) is 8.60. The molecule has 25 heavy (non-hydrogen) atoms. The largest absolute Gasteiger partial charge is 0.493 e. The molecule has 1 fully saturated rings. The standard InChI is InChI=1S/C23H31FO/c1-3-5-8-17-25-22-16-15-21(23(24)18-22)10-7-6-9-20-13-11-19(4-2)12-14-20/h6,9,15-16,18-20H,3-5,8,11-14,17H2,1-2H3/t19-,20-. The number of unbranched alkanes of at least 4 members (excludes halogenated alkanes) is 2. The van der Waals surface area contributed by atoms with Gasteiger partial charge in [0.15, 0.2) is 0 Å². The van der Waals surface area contributed by atoms with Gasteiger partial charge in [0.1, 0.15) is 11.6 Å². The first kappa shape index (κ1) is 19.6. The van der Waals surface area contributed by atoms with Crippen LogP contribution in [0.5, 0.6) is 5.75 Å². The van der Waals surface area contributed by atoms with Gasteiger partial charge in [0, 0.05) is 6.07 Å². The van der Waals surface area contributed by atoms with E-state index in [-0.39, 0.29) is 5.82 Å². The minimum Gasteiger partial charge on any atom is -0.493 e. The van der Waals surface area contributed by atoms with Crippen LogP contribution in [0.1, 0.15) is 70.8 Å². The van der Waals surface area contributed by atoms with Crippen molar-refractivity contribution < 1.29 is 9.13 Å². The summed E-state index contributed by atoms with van der Waals surface area (Å²) in [5, 5.41) is 0. The second-order valence-corrected chi connectivity index (χ2v) is 7.01. The summed E-state index contributed by atoms with van der Waals surface area (Å²) in [4.78, 5) is 0. The molecule has 0 aliphatic heterocycles. The van der Waals surface area contributed by atoms with Crippen molar-refractivity contribution in [3.63, 3.8) is 0 Å². The highest BCUT2D eigenvalue weighted by molar-refractivity contribution is 5.41. The van der Waals surface area contributed by atoms with E-state index in [1.807, 2.05) is 6.08 Å². The fourth-order valence-corrected chi connectivity index (χ4v) is 3.32.